The molecule has 2 atom stereocenters. The van der Waals surface area contributed by atoms with Gasteiger partial charge in [-0.05, 0) is 25.7 Å². The lowest BCUT2D eigenvalue weighted by Crippen LogP contribution is -2.44. The van der Waals surface area contributed by atoms with Crippen molar-refractivity contribution in [1.82, 2.24) is 5.32 Å². The van der Waals surface area contributed by atoms with Crippen LogP contribution in [0.15, 0.2) is 0 Å². The summed E-state index contributed by atoms with van der Waals surface area (Å²) in [6.07, 6.45) is -2.37. The van der Waals surface area contributed by atoms with Crippen LogP contribution in [0.1, 0.15) is 32.6 Å². The van der Waals surface area contributed by atoms with Crippen molar-refractivity contribution in [3.63, 3.8) is 0 Å². The fourth-order valence-electron chi connectivity index (χ4n) is 2.14. The molecule has 1 heterocycles. The molecule has 1 N–H and O–H groups in total. The maximum atomic E-state index is 12.4. The summed E-state index contributed by atoms with van der Waals surface area (Å²) in [5.41, 5.74) is 0. The van der Waals surface area contributed by atoms with Crippen LogP contribution in [0.25, 0.3) is 0 Å². The van der Waals surface area contributed by atoms with Crippen LogP contribution in [-0.4, -0.2) is 38.7 Å². The second-order valence-electron chi connectivity index (χ2n) is 4.80. The van der Waals surface area contributed by atoms with Gasteiger partial charge in [0.15, 0.2) is 0 Å². The summed E-state index contributed by atoms with van der Waals surface area (Å²) in [6, 6.07) is 0.0238. The SMILES string of the molecule is CCS(=O)(=O)CCCC1CCC(C(F)(F)F)CN1. The lowest BCUT2D eigenvalue weighted by Gasteiger charge is -2.31. The number of alkyl halides is 3. The Hall–Kier alpha value is -0.300. The summed E-state index contributed by atoms with van der Waals surface area (Å²) in [5, 5.41) is 2.87. The first-order valence-electron chi connectivity index (χ1n) is 6.25. The highest BCUT2D eigenvalue weighted by Crippen LogP contribution is 2.32. The molecule has 0 aromatic rings. The topological polar surface area (TPSA) is 46.2 Å². The Balaban J connectivity index is 2.25. The molecule has 1 fully saturated rings. The van der Waals surface area contributed by atoms with E-state index in [1.54, 1.807) is 6.92 Å². The number of sulfone groups is 1. The first kappa shape index (κ1) is 15.8. The molecule has 1 aliphatic rings. The van der Waals surface area contributed by atoms with E-state index >= 15 is 0 Å². The summed E-state index contributed by atoms with van der Waals surface area (Å²) in [4.78, 5) is 0. The quantitative estimate of drug-likeness (QED) is 0.842. The Morgan fingerprint density at radius 1 is 1.28 bits per heavy atom. The summed E-state index contributed by atoms with van der Waals surface area (Å²) in [7, 11) is -2.96. The fourth-order valence-corrected chi connectivity index (χ4v) is 3.03. The molecule has 1 saturated heterocycles. The van der Waals surface area contributed by atoms with E-state index in [2.05, 4.69) is 5.32 Å². The highest BCUT2D eigenvalue weighted by molar-refractivity contribution is 7.91. The van der Waals surface area contributed by atoms with E-state index in [4.69, 9.17) is 0 Å². The lowest BCUT2D eigenvalue weighted by molar-refractivity contribution is -0.179. The summed E-state index contributed by atoms with van der Waals surface area (Å²) in [6.45, 7) is 1.55. The average molecular weight is 287 g/mol. The van der Waals surface area contributed by atoms with Gasteiger partial charge in [0.25, 0.3) is 0 Å². The van der Waals surface area contributed by atoms with Crippen LogP contribution in [0, 0.1) is 5.92 Å². The molecule has 0 aromatic carbocycles. The third-order valence-electron chi connectivity index (χ3n) is 3.43. The van der Waals surface area contributed by atoms with Gasteiger partial charge in [-0.1, -0.05) is 6.92 Å². The zero-order valence-electron chi connectivity index (χ0n) is 10.5. The van der Waals surface area contributed by atoms with Crippen molar-refractivity contribution in [3.05, 3.63) is 0 Å². The van der Waals surface area contributed by atoms with Gasteiger partial charge in [-0.2, -0.15) is 13.2 Å². The third-order valence-corrected chi connectivity index (χ3v) is 5.22. The van der Waals surface area contributed by atoms with E-state index in [-0.39, 0.29) is 30.5 Å². The normalized spacial score (nSPS) is 26.2. The van der Waals surface area contributed by atoms with Crippen LogP contribution >= 0.6 is 0 Å². The van der Waals surface area contributed by atoms with Gasteiger partial charge in [0.1, 0.15) is 9.84 Å². The molecule has 0 radical (unpaired) electrons. The van der Waals surface area contributed by atoms with Gasteiger partial charge in [0.05, 0.1) is 11.7 Å². The standard InChI is InChI=1S/C11H20F3NO2S/c1-2-18(16,17)7-3-4-10-6-5-9(8-15-10)11(12,13)14/h9-10,15H,2-8H2,1H3. The number of nitrogens with one attached hydrogen (secondary N) is 1. The Labute approximate surface area is 106 Å². The highest BCUT2D eigenvalue weighted by Gasteiger charge is 2.41. The van der Waals surface area contributed by atoms with Crippen molar-refractivity contribution in [2.75, 3.05) is 18.1 Å². The molecule has 0 saturated carbocycles. The molecule has 1 aliphatic heterocycles. The van der Waals surface area contributed by atoms with Crippen molar-refractivity contribution < 1.29 is 21.6 Å². The molecule has 0 bridgehead atoms. The van der Waals surface area contributed by atoms with Gasteiger partial charge in [0, 0.05) is 18.3 Å². The van der Waals surface area contributed by atoms with Gasteiger partial charge < -0.3 is 5.32 Å². The minimum Gasteiger partial charge on any atom is -0.313 e. The number of piperidine rings is 1. The Bertz CT molecular complexity index is 346. The third kappa shape index (κ3) is 5.14. The predicted octanol–water partition coefficient (Wildman–Crippen LogP) is 2.13. The molecule has 0 spiro atoms. The van der Waals surface area contributed by atoms with E-state index < -0.39 is 21.9 Å². The van der Waals surface area contributed by atoms with Gasteiger partial charge in [-0.3, -0.25) is 0 Å². The van der Waals surface area contributed by atoms with E-state index in [0.717, 1.165) is 0 Å². The Morgan fingerprint density at radius 3 is 2.39 bits per heavy atom. The molecule has 18 heavy (non-hydrogen) atoms. The van der Waals surface area contributed by atoms with Crippen LogP contribution in [-0.2, 0) is 9.84 Å². The largest absolute Gasteiger partial charge is 0.393 e. The number of rotatable bonds is 5. The van der Waals surface area contributed by atoms with Gasteiger partial charge in [-0.25, -0.2) is 8.42 Å². The molecule has 0 aliphatic carbocycles. The second-order valence-corrected chi connectivity index (χ2v) is 7.27. The van der Waals surface area contributed by atoms with E-state index in [0.29, 0.717) is 19.3 Å². The van der Waals surface area contributed by atoms with Crippen LogP contribution < -0.4 is 5.32 Å². The van der Waals surface area contributed by atoms with E-state index in [9.17, 15) is 21.6 Å². The first-order valence-corrected chi connectivity index (χ1v) is 8.07. The zero-order valence-corrected chi connectivity index (χ0v) is 11.3. The molecular formula is C11H20F3NO2S. The van der Waals surface area contributed by atoms with E-state index in [1.165, 1.54) is 0 Å². The van der Waals surface area contributed by atoms with Crippen molar-refractivity contribution in [3.8, 4) is 0 Å². The summed E-state index contributed by atoms with van der Waals surface area (Å²) in [5.74, 6) is -1.00. The van der Waals surface area contributed by atoms with Crippen molar-refractivity contribution in [1.29, 1.82) is 0 Å². The van der Waals surface area contributed by atoms with Gasteiger partial charge in [0.2, 0.25) is 0 Å². The van der Waals surface area contributed by atoms with Crippen LogP contribution in [0.2, 0.25) is 0 Å². The lowest BCUT2D eigenvalue weighted by atomic mass is 9.92. The molecule has 7 heteroatoms. The van der Waals surface area contributed by atoms with Gasteiger partial charge in [-0.15, -0.1) is 0 Å². The molecule has 2 unspecified atom stereocenters. The van der Waals surface area contributed by atoms with Crippen LogP contribution in [0.3, 0.4) is 0 Å². The molecular weight excluding hydrogens is 267 g/mol. The Morgan fingerprint density at radius 2 is 1.94 bits per heavy atom. The number of halogens is 3. The number of hydrogen-bond donors (Lipinski definition) is 1. The molecule has 1 rings (SSSR count). The highest BCUT2D eigenvalue weighted by atomic mass is 32.2. The van der Waals surface area contributed by atoms with E-state index in [1.807, 2.05) is 0 Å². The monoisotopic (exact) mass is 287 g/mol. The summed E-state index contributed by atoms with van der Waals surface area (Å²) >= 11 is 0. The van der Waals surface area contributed by atoms with Crippen molar-refractivity contribution in [2.45, 2.75) is 44.8 Å². The zero-order chi connectivity index (χ0) is 13.8. The van der Waals surface area contributed by atoms with Crippen molar-refractivity contribution in [2.24, 2.45) is 5.92 Å². The van der Waals surface area contributed by atoms with Crippen molar-refractivity contribution >= 4 is 9.84 Å². The molecule has 3 nitrogen and oxygen atoms in total. The predicted molar refractivity (Wildman–Crippen MR) is 64.1 cm³/mol. The second kappa shape index (κ2) is 6.23. The molecule has 0 aromatic heterocycles. The smallest absolute Gasteiger partial charge is 0.313 e. The fraction of sp³-hybridized carbons (Fsp3) is 1.00. The van der Waals surface area contributed by atoms with Crippen LogP contribution in [0.4, 0.5) is 13.2 Å². The summed E-state index contributed by atoms with van der Waals surface area (Å²) < 4.78 is 59.7. The maximum absolute atomic E-state index is 12.4. The molecule has 108 valence electrons. The first-order chi connectivity index (χ1) is 8.24. The minimum absolute atomic E-state index is 0.0238. The van der Waals surface area contributed by atoms with Crippen LogP contribution in [0.5, 0.6) is 0 Å². The number of hydrogen-bond acceptors (Lipinski definition) is 3. The van der Waals surface area contributed by atoms with Gasteiger partial charge >= 0.3 is 6.18 Å². The minimum atomic E-state index is -4.12. The maximum Gasteiger partial charge on any atom is 0.393 e. The molecule has 0 amide bonds. The average Bonchev–Trinajstić information content (AvgIpc) is 2.28. The Kier molecular flexibility index (Phi) is 5.46.